The van der Waals surface area contributed by atoms with Crippen molar-refractivity contribution in [1.82, 2.24) is 34.9 Å². The van der Waals surface area contributed by atoms with Crippen molar-refractivity contribution in [2.24, 2.45) is 17.3 Å². The Labute approximate surface area is 355 Å². The van der Waals surface area contributed by atoms with E-state index in [1.165, 1.54) is 33.2 Å². The number of ether oxygens (including phenoxy) is 2. The lowest BCUT2D eigenvalue weighted by Gasteiger charge is -2.35. The molecule has 2 aliphatic carbocycles. The van der Waals surface area contributed by atoms with E-state index in [1.807, 2.05) is 17.5 Å². The molecular formula is C42H45N7O8S3. The Kier molecular flexibility index (Phi) is 10.9. The number of sulfonamides is 1. The van der Waals surface area contributed by atoms with Crippen molar-refractivity contribution in [2.75, 3.05) is 13.7 Å². The van der Waals surface area contributed by atoms with Gasteiger partial charge < -0.3 is 19.7 Å². The number of nitrogens with one attached hydrogen (secondary N) is 2. The predicted octanol–water partition coefficient (Wildman–Crippen LogP) is 5.76. The van der Waals surface area contributed by atoms with Crippen molar-refractivity contribution in [3.63, 3.8) is 0 Å². The van der Waals surface area contributed by atoms with Gasteiger partial charge in [-0.3, -0.25) is 19.2 Å². The number of benzene rings is 2. The molecule has 60 heavy (non-hydrogen) atoms. The lowest BCUT2D eigenvalue weighted by Crippen LogP contribution is -2.57. The summed E-state index contributed by atoms with van der Waals surface area (Å²) in [7, 11) is -2.75. The molecule has 3 fully saturated rings. The molecule has 314 valence electrons. The molecule has 8 rings (SSSR count). The first-order valence-corrected chi connectivity index (χ1v) is 22.8. The van der Waals surface area contributed by atoms with Gasteiger partial charge in [-0.1, -0.05) is 45.0 Å². The Morgan fingerprint density at radius 1 is 1.05 bits per heavy atom. The molecule has 0 unspecified atom stereocenters. The topological polar surface area (TPSA) is 192 Å². The third-order valence-corrected chi connectivity index (χ3v) is 15.1. The third-order valence-electron chi connectivity index (χ3n) is 11.4. The predicted molar refractivity (Wildman–Crippen MR) is 225 cm³/mol. The fraction of sp³-hybridized carbons (Fsp3) is 0.405. The standard InChI is InChI=1S/C42H45N7O8S3/c1-6-26-22-42(26,40(53)47-60(54,55)32-20-25-10-7-8-13-31(25)59-32)44-36(50)30-21-27(23-48(30)38(51)33(41(2,3)4)39(52)57-29-11-9-12-29)49-45-34(24-14-16-28(56-5)17-15-24)35(46-49)37-43-18-19-58-37/h6-8,10,13-20,26-27,29-30,33H,1,9,11-12,21-23H2,2-5H3,(H,44,50)(H,47,53)/t26-,27-,30+,33-,42+/m1/s1. The molecule has 1 saturated heterocycles. The minimum Gasteiger partial charge on any atom is -0.497 e. The highest BCUT2D eigenvalue weighted by atomic mass is 32.2. The Morgan fingerprint density at radius 3 is 2.40 bits per heavy atom. The zero-order valence-electron chi connectivity index (χ0n) is 33.5. The van der Waals surface area contributed by atoms with Crippen LogP contribution in [0.1, 0.15) is 58.9 Å². The number of nitrogens with zero attached hydrogens (tertiary/aromatic N) is 5. The summed E-state index contributed by atoms with van der Waals surface area (Å²) in [6.07, 6.45) is 5.32. The summed E-state index contributed by atoms with van der Waals surface area (Å²) >= 11 is 2.40. The highest BCUT2D eigenvalue weighted by Gasteiger charge is 2.62. The maximum atomic E-state index is 14.8. The van der Waals surface area contributed by atoms with Crippen LogP contribution in [0.3, 0.4) is 0 Å². The number of esters is 1. The number of carbonyl (C=O) groups is 4. The number of fused-ring (bicyclic) bond motifs is 1. The fourth-order valence-electron chi connectivity index (χ4n) is 7.79. The van der Waals surface area contributed by atoms with Gasteiger partial charge >= 0.3 is 5.97 Å². The second kappa shape index (κ2) is 15.9. The first-order valence-electron chi connectivity index (χ1n) is 19.6. The number of carbonyl (C=O) groups excluding carboxylic acids is 4. The number of thiazole rings is 1. The molecule has 1 aliphatic heterocycles. The minimum atomic E-state index is -4.33. The van der Waals surface area contributed by atoms with E-state index in [2.05, 4.69) is 21.6 Å². The lowest BCUT2D eigenvalue weighted by atomic mass is 9.79. The summed E-state index contributed by atoms with van der Waals surface area (Å²) in [5.41, 5.74) is -0.794. The van der Waals surface area contributed by atoms with E-state index in [9.17, 15) is 27.6 Å². The molecule has 5 aromatic rings. The fourth-order valence-corrected chi connectivity index (χ4v) is 10.8. The number of likely N-dealkylation sites (tertiary alicyclic amines) is 1. The molecular weight excluding hydrogens is 827 g/mol. The van der Waals surface area contributed by atoms with Gasteiger partial charge in [0, 0.05) is 40.7 Å². The number of rotatable bonds is 13. The second-order valence-electron chi connectivity index (χ2n) is 16.5. The Bertz CT molecular complexity index is 2540. The zero-order valence-corrected chi connectivity index (χ0v) is 35.9. The smallest absolute Gasteiger partial charge is 0.319 e. The van der Waals surface area contributed by atoms with Gasteiger partial charge in [-0.05, 0) is 72.9 Å². The largest absolute Gasteiger partial charge is 0.497 e. The van der Waals surface area contributed by atoms with Crippen LogP contribution >= 0.6 is 22.7 Å². The molecule has 2 aromatic carbocycles. The van der Waals surface area contributed by atoms with Crippen molar-refractivity contribution < 1.29 is 37.1 Å². The first-order chi connectivity index (χ1) is 28.6. The summed E-state index contributed by atoms with van der Waals surface area (Å²) < 4.78 is 41.2. The van der Waals surface area contributed by atoms with E-state index in [1.54, 1.807) is 70.5 Å². The number of aromatic nitrogens is 4. The van der Waals surface area contributed by atoms with Gasteiger partial charge in [-0.2, -0.15) is 9.90 Å². The van der Waals surface area contributed by atoms with E-state index in [4.69, 9.17) is 19.7 Å². The normalized spacial score (nSPS) is 22.1. The Morgan fingerprint density at radius 2 is 1.78 bits per heavy atom. The highest BCUT2D eigenvalue weighted by molar-refractivity contribution is 7.92. The number of methoxy groups -OCH3 is 1. The Hall–Kier alpha value is -5.46. The molecule has 18 heteroatoms. The van der Waals surface area contributed by atoms with Gasteiger partial charge in [0.15, 0.2) is 0 Å². The summed E-state index contributed by atoms with van der Waals surface area (Å²) in [6.45, 7) is 9.08. The molecule has 4 heterocycles. The van der Waals surface area contributed by atoms with Crippen LogP contribution in [0.4, 0.5) is 0 Å². The highest BCUT2D eigenvalue weighted by Crippen LogP contribution is 2.46. The molecule has 2 N–H and O–H groups in total. The summed E-state index contributed by atoms with van der Waals surface area (Å²) in [6, 6.07) is 14.1. The molecule has 3 aromatic heterocycles. The molecule has 15 nitrogen and oxygen atoms in total. The van der Waals surface area contributed by atoms with E-state index in [0.29, 0.717) is 40.4 Å². The van der Waals surface area contributed by atoms with Crippen LogP contribution in [0.25, 0.3) is 32.0 Å². The van der Waals surface area contributed by atoms with Gasteiger partial charge in [0.05, 0.1) is 13.2 Å². The summed E-state index contributed by atoms with van der Waals surface area (Å²) in [4.78, 5) is 64.6. The van der Waals surface area contributed by atoms with Crippen molar-refractivity contribution in [1.29, 1.82) is 0 Å². The lowest BCUT2D eigenvalue weighted by molar-refractivity contribution is -0.169. The molecule has 3 amide bonds. The number of thiophene rings is 1. The average Bonchev–Trinajstić information content (AvgIpc) is 3.81. The summed E-state index contributed by atoms with van der Waals surface area (Å²) in [5, 5.41) is 15.8. The second-order valence-corrected chi connectivity index (χ2v) is 20.4. The molecule has 5 atom stereocenters. The van der Waals surface area contributed by atoms with Gasteiger partial charge in [0.25, 0.3) is 15.9 Å². The molecule has 2 saturated carbocycles. The van der Waals surface area contributed by atoms with E-state index < -0.39 is 68.6 Å². The Balaban J connectivity index is 1.12. The SMILES string of the molecule is C=C[C@@H]1C[C@@]1(NC(=O)[C@@H]1C[C@@H](n2nc(-c3ccc(OC)cc3)c(-c3nccs3)n2)CN1C(=O)[C@H](C(=O)OC1CCC1)C(C)(C)C)C(=O)NS(=O)(=O)c1cc2ccccc2s1. The third kappa shape index (κ3) is 7.83. The molecule has 0 spiro atoms. The van der Waals surface area contributed by atoms with Gasteiger partial charge in [-0.15, -0.1) is 34.4 Å². The van der Waals surface area contributed by atoms with E-state index in [-0.39, 0.29) is 29.7 Å². The van der Waals surface area contributed by atoms with Crippen LogP contribution < -0.4 is 14.8 Å². The number of hydrogen-bond donors (Lipinski definition) is 2. The quantitative estimate of drug-likeness (QED) is 0.0831. The average molecular weight is 872 g/mol. The van der Waals surface area contributed by atoms with Crippen LogP contribution in [0.5, 0.6) is 5.75 Å². The maximum Gasteiger partial charge on any atom is 0.319 e. The van der Waals surface area contributed by atoms with Crippen molar-refractivity contribution >= 4 is 66.5 Å². The maximum absolute atomic E-state index is 14.8. The number of amides is 3. The van der Waals surface area contributed by atoms with Crippen LogP contribution in [0.2, 0.25) is 0 Å². The van der Waals surface area contributed by atoms with Crippen molar-refractivity contribution in [3.05, 3.63) is 78.8 Å². The monoisotopic (exact) mass is 871 g/mol. The summed E-state index contributed by atoms with van der Waals surface area (Å²) in [5.74, 6) is -4.10. The molecule has 3 aliphatic rings. The van der Waals surface area contributed by atoms with E-state index in [0.717, 1.165) is 28.0 Å². The molecule has 0 radical (unpaired) electrons. The van der Waals surface area contributed by atoms with Gasteiger partial charge in [0.1, 0.15) is 50.0 Å². The van der Waals surface area contributed by atoms with Gasteiger partial charge in [0.2, 0.25) is 11.8 Å². The first kappa shape index (κ1) is 41.3. The number of hydrogen-bond acceptors (Lipinski definition) is 13. The van der Waals surface area contributed by atoms with Crippen LogP contribution in [0.15, 0.2) is 83.0 Å². The van der Waals surface area contributed by atoms with Gasteiger partial charge in [-0.25, -0.2) is 18.1 Å². The van der Waals surface area contributed by atoms with E-state index >= 15 is 0 Å². The minimum absolute atomic E-state index is 0.0106. The van der Waals surface area contributed by atoms with Crippen LogP contribution in [-0.4, -0.2) is 88.3 Å². The zero-order chi connectivity index (χ0) is 42.6. The van der Waals surface area contributed by atoms with Crippen LogP contribution in [0, 0.1) is 17.3 Å². The van der Waals surface area contributed by atoms with Crippen molar-refractivity contribution in [2.45, 2.75) is 80.8 Å². The van der Waals surface area contributed by atoms with Crippen molar-refractivity contribution in [3.8, 4) is 27.7 Å². The van der Waals surface area contributed by atoms with Crippen LogP contribution in [-0.2, 0) is 33.9 Å². The molecule has 0 bridgehead atoms.